The third-order valence-electron chi connectivity index (χ3n) is 3.12. The maximum atomic E-state index is 5.84. The molecule has 2 nitrogen and oxygen atoms in total. The van der Waals surface area contributed by atoms with Crippen LogP contribution < -0.4 is 5.73 Å². The molecule has 0 aromatic rings. The van der Waals surface area contributed by atoms with Gasteiger partial charge in [-0.05, 0) is 20.3 Å². The Hall–Kier alpha value is -0.0800. The Bertz CT molecular complexity index is 163. The van der Waals surface area contributed by atoms with Crippen molar-refractivity contribution < 1.29 is 4.74 Å². The van der Waals surface area contributed by atoms with Crippen molar-refractivity contribution in [2.75, 3.05) is 13.2 Å². The summed E-state index contributed by atoms with van der Waals surface area (Å²) in [5.74, 6) is 0. The van der Waals surface area contributed by atoms with Gasteiger partial charge in [-0.2, -0.15) is 0 Å². The zero-order valence-electron chi connectivity index (χ0n) is 13.0. The summed E-state index contributed by atoms with van der Waals surface area (Å²) in [5.41, 5.74) is 5.66. The molecule has 0 spiro atoms. The third-order valence-corrected chi connectivity index (χ3v) is 3.12. The SMILES string of the molecule is CCCCCCCCCCCCOCC(C)(C)N. The van der Waals surface area contributed by atoms with Crippen molar-refractivity contribution >= 4 is 0 Å². The van der Waals surface area contributed by atoms with E-state index in [2.05, 4.69) is 6.92 Å². The topological polar surface area (TPSA) is 35.2 Å². The molecule has 0 fully saturated rings. The molecular formula is C16H35NO. The number of rotatable bonds is 13. The molecule has 0 bridgehead atoms. The third kappa shape index (κ3) is 15.9. The Labute approximate surface area is 115 Å². The highest BCUT2D eigenvalue weighted by Gasteiger charge is 2.09. The van der Waals surface area contributed by atoms with Gasteiger partial charge in [0.15, 0.2) is 0 Å². The van der Waals surface area contributed by atoms with Crippen LogP contribution in [0.2, 0.25) is 0 Å². The summed E-state index contributed by atoms with van der Waals surface area (Å²) in [6.45, 7) is 7.83. The minimum absolute atomic E-state index is 0.182. The average Bonchev–Trinajstić information content (AvgIpc) is 2.29. The number of nitrogens with two attached hydrogens (primary N) is 1. The quantitative estimate of drug-likeness (QED) is 0.487. The van der Waals surface area contributed by atoms with Gasteiger partial charge in [0, 0.05) is 12.1 Å². The summed E-state index contributed by atoms with van der Waals surface area (Å²) in [6, 6.07) is 0. The van der Waals surface area contributed by atoms with Gasteiger partial charge in [0.2, 0.25) is 0 Å². The largest absolute Gasteiger partial charge is 0.380 e. The first-order valence-corrected chi connectivity index (χ1v) is 7.93. The van der Waals surface area contributed by atoms with Crippen molar-refractivity contribution in [3.63, 3.8) is 0 Å². The first-order chi connectivity index (χ1) is 8.56. The van der Waals surface area contributed by atoms with Crippen LogP contribution in [-0.4, -0.2) is 18.8 Å². The molecular weight excluding hydrogens is 222 g/mol. The molecule has 0 heterocycles. The van der Waals surface area contributed by atoms with Gasteiger partial charge < -0.3 is 10.5 Å². The molecule has 0 unspecified atom stereocenters. The lowest BCUT2D eigenvalue weighted by molar-refractivity contribution is 0.0940. The van der Waals surface area contributed by atoms with E-state index >= 15 is 0 Å². The second-order valence-electron chi connectivity index (χ2n) is 6.22. The van der Waals surface area contributed by atoms with E-state index in [0.29, 0.717) is 6.61 Å². The Morgan fingerprint density at radius 2 is 1.22 bits per heavy atom. The van der Waals surface area contributed by atoms with Crippen LogP contribution in [-0.2, 0) is 4.74 Å². The lowest BCUT2D eigenvalue weighted by Crippen LogP contribution is -2.37. The van der Waals surface area contributed by atoms with E-state index in [1.807, 2.05) is 13.8 Å². The average molecular weight is 257 g/mol. The minimum atomic E-state index is -0.182. The Morgan fingerprint density at radius 3 is 1.67 bits per heavy atom. The number of ether oxygens (including phenoxy) is 1. The molecule has 0 saturated heterocycles. The van der Waals surface area contributed by atoms with Crippen LogP contribution in [0.3, 0.4) is 0 Å². The predicted octanol–water partition coefficient (Wildman–Crippen LogP) is 4.66. The van der Waals surface area contributed by atoms with E-state index in [-0.39, 0.29) is 5.54 Å². The summed E-state index contributed by atoms with van der Waals surface area (Å²) < 4.78 is 5.55. The van der Waals surface area contributed by atoms with Gasteiger partial charge in [-0.1, -0.05) is 64.7 Å². The zero-order valence-corrected chi connectivity index (χ0v) is 13.0. The van der Waals surface area contributed by atoms with E-state index in [1.54, 1.807) is 0 Å². The molecule has 0 aliphatic heterocycles. The van der Waals surface area contributed by atoms with Crippen LogP contribution in [0.25, 0.3) is 0 Å². The predicted molar refractivity (Wildman–Crippen MR) is 80.9 cm³/mol. The van der Waals surface area contributed by atoms with Crippen LogP contribution in [0.1, 0.15) is 85.0 Å². The van der Waals surface area contributed by atoms with Gasteiger partial charge in [0.05, 0.1) is 6.61 Å². The lowest BCUT2D eigenvalue weighted by atomic mass is 10.1. The molecule has 2 N–H and O–H groups in total. The molecule has 0 amide bonds. The summed E-state index contributed by atoms with van der Waals surface area (Å²) in [6.07, 6.45) is 13.7. The van der Waals surface area contributed by atoms with Crippen LogP contribution in [0.15, 0.2) is 0 Å². The second-order valence-corrected chi connectivity index (χ2v) is 6.22. The van der Waals surface area contributed by atoms with E-state index in [1.165, 1.54) is 64.2 Å². The molecule has 18 heavy (non-hydrogen) atoms. The molecule has 110 valence electrons. The second kappa shape index (κ2) is 12.0. The zero-order chi connectivity index (χ0) is 13.7. The molecule has 0 aliphatic rings. The first-order valence-electron chi connectivity index (χ1n) is 7.93. The van der Waals surface area contributed by atoms with Gasteiger partial charge in [-0.25, -0.2) is 0 Å². The Balaban J connectivity index is 2.99. The fourth-order valence-corrected chi connectivity index (χ4v) is 2.03. The van der Waals surface area contributed by atoms with E-state index in [9.17, 15) is 0 Å². The monoisotopic (exact) mass is 257 g/mol. The molecule has 0 atom stereocenters. The molecule has 0 aliphatic carbocycles. The first kappa shape index (κ1) is 17.9. The smallest absolute Gasteiger partial charge is 0.0640 e. The highest BCUT2D eigenvalue weighted by Crippen LogP contribution is 2.10. The van der Waals surface area contributed by atoms with Crippen LogP contribution in [0, 0.1) is 0 Å². The highest BCUT2D eigenvalue weighted by molar-refractivity contribution is 4.69. The normalized spacial score (nSPS) is 12.0. The Kier molecular flexibility index (Phi) is 11.9. The summed E-state index contributed by atoms with van der Waals surface area (Å²) in [5, 5.41) is 0. The van der Waals surface area contributed by atoms with Gasteiger partial charge in [0.1, 0.15) is 0 Å². The van der Waals surface area contributed by atoms with Crippen LogP contribution in [0.4, 0.5) is 0 Å². The lowest BCUT2D eigenvalue weighted by Gasteiger charge is -2.18. The van der Waals surface area contributed by atoms with Crippen molar-refractivity contribution in [2.24, 2.45) is 5.73 Å². The van der Waals surface area contributed by atoms with E-state index in [0.717, 1.165) is 6.61 Å². The van der Waals surface area contributed by atoms with Gasteiger partial charge in [0.25, 0.3) is 0 Å². The maximum absolute atomic E-state index is 5.84. The van der Waals surface area contributed by atoms with Gasteiger partial charge in [-0.3, -0.25) is 0 Å². The standard InChI is InChI=1S/C16H35NO/c1-4-5-6-7-8-9-10-11-12-13-14-18-15-16(2,3)17/h4-15,17H2,1-3H3. The van der Waals surface area contributed by atoms with Crippen molar-refractivity contribution in [3.8, 4) is 0 Å². The maximum Gasteiger partial charge on any atom is 0.0640 e. The number of unbranched alkanes of at least 4 members (excludes halogenated alkanes) is 9. The Morgan fingerprint density at radius 1 is 0.778 bits per heavy atom. The summed E-state index contributed by atoms with van der Waals surface area (Å²) >= 11 is 0. The summed E-state index contributed by atoms with van der Waals surface area (Å²) in [7, 11) is 0. The van der Waals surface area contributed by atoms with Crippen molar-refractivity contribution in [2.45, 2.75) is 90.5 Å². The molecule has 0 aromatic heterocycles. The fourth-order valence-electron chi connectivity index (χ4n) is 2.03. The molecule has 2 heteroatoms. The van der Waals surface area contributed by atoms with Crippen molar-refractivity contribution in [3.05, 3.63) is 0 Å². The summed E-state index contributed by atoms with van der Waals surface area (Å²) in [4.78, 5) is 0. The molecule has 0 rings (SSSR count). The molecule has 0 radical (unpaired) electrons. The van der Waals surface area contributed by atoms with Crippen molar-refractivity contribution in [1.29, 1.82) is 0 Å². The van der Waals surface area contributed by atoms with E-state index in [4.69, 9.17) is 10.5 Å². The number of hydrogen-bond acceptors (Lipinski definition) is 2. The van der Waals surface area contributed by atoms with Crippen LogP contribution >= 0.6 is 0 Å². The van der Waals surface area contributed by atoms with Gasteiger partial charge in [-0.15, -0.1) is 0 Å². The minimum Gasteiger partial charge on any atom is -0.380 e. The highest BCUT2D eigenvalue weighted by atomic mass is 16.5. The van der Waals surface area contributed by atoms with Crippen molar-refractivity contribution in [1.82, 2.24) is 0 Å². The number of hydrogen-bond donors (Lipinski definition) is 1. The molecule has 0 aromatic carbocycles. The van der Waals surface area contributed by atoms with Crippen LogP contribution in [0.5, 0.6) is 0 Å². The van der Waals surface area contributed by atoms with Gasteiger partial charge >= 0.3 is 0 Å². The fraction of sp³-hybridized carbons (Fsp3) is 1.00. The van der Waals surface area contributed by atoms with E-state index < -0.39 is 0 Å². The molecule has 0 saturated carbocycles.